The van der Waals surface area contributed by atoms with E-state index in [0.29, 0.717) is 5.56 Å². The molecule has 102 valence electrons. The highest BCUT2D eigenvalue weighted by Crippen LogP contribution is 2.16. The van der Waals surface area contributed by atoms with Gasteiger partial charge in [0.05, 0.1) is 0 Å². The minimum absolute atomic E-state index is 0.0360. The van der Waals surface area contributed by atoms with Crippen molar-refractivity contribution in [1.29, 1.82) is 0 Å². The number of aryl methyl sites for hydroxylation is 1. The fraction of sp³-hybridized carbons (Fsp3) is 0.133. The van der Waals surface area contributed by atoms with Crippen molar-refractivity contribution in [2.24, 2.45) is 0 Å². The fourth-order valence-corrected chi connectivity index (χ4v) is 1.85. The Kier molecular flexibility index (Phi) is 3.79. The van der Waals surface area contributed by atoms with Crippen molar-refractivity contribution in [2.75, 3.05) is 5.32 Å². The van der Waals surface area contributed by atoms with Crippen molar-refractivity contribution in [3.63, 3.8) is 0 Å². The molecule has 0 saturated heterocycles. The van der Waals surface area contributed by atoms with E-state index in [1.807, 2.05) is 19.9 Å². The van der Waals surface area contributed by atoms with E-state index in [-0.39, 0.29) is 17.3 Å². The number of amides is 1. The Morgan fingerprint density at radius 3 is 2.50 bits per heavy atom. The van der Waals surface area contributed by atoms with Gasteiger partial charge in [-0.25, -0.2) is 9.78 Å². The van der Waals surface area contributed by atoms with Gasteiger partial charge in [0.25, 0.3) is 5.91 Å². The van der Waals surface area contributed by atoms with Crippen molar-refractivity contribution >= 4 is 17.7 Å². The van der Waals surface area contributed by atoms with E-state index in [2.05, 4.69) is 10.3 Å². The molecule has 2 aromatic rings. The highest BCUT2D eigenvalue weighted by atomic mass is 16.4. The lowest BCUT2D eigenvalue weighted by Crippen LogP contribution is -2.17. The molecule has 0 aliphatic heterocycles. The summed E-state index contributed by atoms with van der Waals surface area (Å²) in [5.74, 6) is -1.45. The molecular formula is C15H14N2O3. The van der Waals surface area contributed by atoms with E-state index in [4.69, 9.17) is 5.11 Å². The number of carboxylic acid groups (broad SMARTS) is 1. The molecule has 5 heteroatoms. The van der Waals surface area contributed by atoms with Gasteiger partial charge < -0.3 is 10.4 Å². The van der Waals surface area contributed by atoms with E-state index in [0.717, 1.165) is 11.1 Å². The van der Waals surface area contributed by atoms with Crippen LogP contribution in [0.25, 0.3) is 0 Å². The maximum absolute atomic E-state index is 12.2. The van der Waals surface area contributed by atoms with Crippen LogP contribution in [0.2, 0.25) is 0 Å². The van der Waals surface area contributed by atoms with Crippen molar-refractivity contribution in [2.45, 2.75) is 13.8 Å². The van der Waals surface area contributed by atoms with E-state index in [1.165, 1.54) is 18.3 Å². The summed E-state index contributed by atoms with van der Waals surface area (Å²) in [6.45, 7) is 3.76. The number of hydrogen-bond acceptors (Lipinski definition) is 3. The zero-order valence-corrected chi connectivity index (χ0v) is 11.2. The van der Waals surface area contributed by atoms with Crippen molar-refractivity contribution in [1.82, 2.24) is 4.98 Å². The Balaban J connectivity index is 2.33. The summed E-state index contributed by atoms with van der Waals surface area (Å²) in [4.78, 5) is 27.2. The van der Waals surface area contributed by atoms with Gasteiger partial charge >= 0.3 is 5.97 Å². The Hall–Kier alpha value is -2.69. The number of nitrogens with zero attached hydrogens (tertiary/aromatic N) is 1. The zero-order valence-electron chi connectivity index (χ0n) is 11.2. The highest BCUT2D eigenvalue weighted by molar-refractivity contribution is 6.07. The molecule has 0 aliphatic carbocycles. The third-order valence-corrected chi connectivity index (χ3v) is 3.12. The number of carbonyl (C=O) groups is 2. The summed E-state index contributed by atoms with van der Waals surface area (Å²) in [5, 5.41) is 11.6. The van der Waals surface area contributed by atoms with Gasteiger partial charge in [-0.05, 0) is 43.2 Å². The summed E-state index contributed by atoms with van der Waals surface area (Å²) in [6.07, 6.45) is 1.44. The molecule has 1 aromatic heterocycles. The molecule has 0 fully saturated rings. The molecule has 1 aromatic carbocycles. The first-order valence-corrected chi connectivity index (χ1v) is 6.06. The molecular weight excluding hydrogens is 256 g/mol. The Labute approximate surface area is 116 Å². The van der Waals surface area contributed by atoms with Gasteiger partial charge in [-0.1, -0.05) is 12.1 Å². The SMILES string of the molecule is Cc1cccc(C(=O)Nc2ncccc2C(=O)O)c1C. The average molecular weight is 270 g/mol. The lowest BCUT2D eigenvalue weighted by atomic mass is 10.0. The van der Waals surface area contributed by atoms with Crippen LogP contribution in [0.1, 0.15) is 31.8 Å². The Bertz CT molecular complexity index is 681. The number of hydrogen-bond donors (Lipinski definition) is 2. The molecule has 0 unspecified atom stereocenters. The third-order valence-electron chi connectivity index (χ3n) is 3.12. The number of aromatic carboxylic acids is 1. The van der Waals surface area contributed by atoms with Gasteiger partial charge in [-0.15, -0.1) is 0 Å². The maximum Gasteiger partial charge on any atom is 0.339 e. The van der Waals surface area contributed by atoms with Crippen molar-refractivity contribution < 1.29 is 14.7 Å². The number of carbonyl (C=O) groups excluding carboxylic acids is 1. The number of benzene rings is 1. The van der Waals surface area contributed by atoms with Gasteiger partial charge in [0.15, 0.2) is 0 Å². The van der Waals surface area contributed by atoms with E-state index < -0.39 is 5.97 Å². The van der Waals surface area contributed by atoms with Gasteiger partial charge in [0.1, 0.15) is 11.4 Å². The van der Waals surface area contributed by atoms with Gasteiger partial charge in [0, 0.05) is 11.8 Å². The molecule has 0 saturated carbocycles. The number of carboxylic acids is 1. The first kappa shape index (κ1) is 13.7. The molecule has 5 nitrogen and oxygen atoms in total. The molecule has 0 radical (unpaired) electrons. The summed E-state index contributed by atoms with van der Waals surface area (Å²) in [5.41, 5.74) is 2.33. The van der Waals surface area contributed by atoms with Crippen molar-refractivity contribution in [3.05, 3.63) is 58.8 Å². The fourth-order valence-electron chi connectivity index (χ4n) is 1.85. The average Bonchev–Trinajstić information content (AvgIpc) is 2.42. The molecule has 0 aliphatic rings. The Morgan fingerprint density at radius 2 is 1.80 bits per heavy atom. The molecule has 20 heavy (non-hydrogen) atoms. The maximum atomic E-state index is 12.2. The van der Waals surface area contributed by atoms with Crippen LogP contribution in [0.4, 0.5) is 5.82 Å². The number of aromatic nitrogens is 1. The van der Waals surface area contributed by atoms with Crippen LogP contribution in [0.3, 0.4) is 0 Å². The molecule has 1 amide bonds. The third kappa shape index (κ3) is 2.66. The Morgan fingerprint density at radius 1 is 1.10 bits per heavy atom. The summed E-state index contributed by atoms with van der Waals surface area (Å²) >= 11 is 0. The summed E-state index contributed by atoms with van der Waals surface area (Å²) in [7, 11) is 0. The van der Waals surface area contributed by atoms with Gasteiger partial charge in [-0.2, -0.15) is 0 Å². The normalized spacial score (nSPS) is 10.1. The monoisotopic (exact) mass is 270 g/mol. The minimum Gasteiger partial charge on any atom is -0.478 e. The van der Waals surface area contributed by atoms with Crippen LogP contribution < -0.4 is 5.32 Å². The van der Waals surface area contributed by atoms with Crippen LogP contribution in [0.5, 0.6) is 0 Å². The zero-order chi connectivity index (χ0) is 14.7. The quantitative estimate of drug-likeness (QED) is 0.898. The predicted octanol–water partition coefficient (Wildman–Crippen LogP) is 2.65. The van der Waals surface area contributed by atoms with Crippen LogP contribution in [0.15, 0.2) is 36.5 Å². The molecule has 0 spiro atoms. The smallest absolute Gasteiger partial charge is 0.339 e. The van der Waals surface area contributed by atoms with E-state index >= 15 is 0 Å². The molecule has 0 atom stereocenters. The van der Waals surface area contributed by atoms with E-state index in [9.17, 15) is 9.59 Å². The van der Waals surface area contributed by atoms with Crippen LogP contribution in [0, 0.1) is 13.8 Å². The minimum atomic E-state index is -1.13. The second kappa shape index (κ2) is 5.52. The van der Waals surface area contributed by atoms with Crippen LogP contribution in [-0.4, -0.2) is 22.0 Å². The van der Waals surface area contributed by atoms with Gasteiger partial charge in [0.2, 0.25) is 0 Å². The van der Waals surface area contributed by atoms with Crippen LogP contribution in [-0.2, 0) is 0 Å². The number of nitrogens with one attached hydrogen (secondary N) is 1. The molecule has 0 bridgehead atoms. The molecule has 2 rings (SSSR count). The first-order chi connectivity index (χ1) is 9.50. The predicted molar refractivity (Wildman–Crippen MR) is 75.1 cm³/mol. The van der Waals surface area contributed by atoms with Crippen LogP contribution >= 0.6 is 0 Å². The lowest BCUT2D eigenvalue weighted by molar-refractivity contribution is 0.0697. The number of rotatable bonds is 3. The number of pyridine rings is 1. The first-order valence-electron chi connectivity index (χ1n) is 6.06. The van der Waals surface area contributed by atoms with Gasteiger partial charge in [-0.3, -0.25) is 4.79 Å². The number of anilines is 1. The topological polar surface area (TPSA) is 79.3 Å². The molecule has 2 N–H and O–H groups in total. The molecule has 1 heterocycles. The standard InChI is InChI=1S/C15H14N2O3/c1-9-5-3-6-11(10(9)2)14(18)17-13-12(15(19)20)7-4-8-16-13/h3-8H,1-2H3,(H,19,20)(H,16,17,18). The highest BCUT2D eigenvalue weighted by Gasteiger charge is 2.15. The second-order valence-electron chi connectivity index (χ2n) is 4.41. The largest absolute Gasteiger partial charge is 0.478 e. The summed E-state index contributed by atoms with van der Waals surface area (Å²) < 4.78 is 0. The lowest BCUT2D eigenvalue weighted by Gasteiger charge is -2.10. The summed E-state index contributed by atoms with van der Waals surface area (Å²) in [6, 6.07) is 8.30. The van der Waals surface area contributed by atoms with E-state index in [1.54, 1.807) is 12.1 Å². The van der Waals surface area contributed by atoms with Crippen molar-refractivity contribution in [3.8, 4) is 0 Å². The second-order valence-corrected chi connectivity index (χ2v) is 4.41.